The molecule has 0 N–H and O–H groups in total. The molecule has 0 atom stereocenters. The third-order valence-corrected chi connectivity index (χ3v) is 9.02. The standard InChI is InChI=1S/C45H31N11/c1-28-49-42(34-14-9-15-35(26-34)44-53-40(32-18-22-46-23-19-32)52-41(54-44)33-20-24-47-25-21-33)55-43(50-28)36-16-17-37(38(27-36)30-10-5-3-6-11-30)45-51-29(2)48-39(56-45)31-12-7-4-8-13-31/h3-27H,1-2H3. The Labute approximate surface area is 322 Å². The van der Waals surface area contributed by atoms with Gasteiger partial charge in [-0.25, -0.2) is 44.9 Å². The molecule has 0 amide bonds. The van der Waals surface area contributed by atoms with E-state index in [9.17, 15) is 0 Å². The molecule has 0 aliphatic carbocycles. The fraction of sp³-hybridized carbons (Fsp3) is 0.0444. The predicted molar refractivity (Wildman–Crippen MR) is 215 cm³/mol. The number of hydrogen-bond donors (Lipinski definition) is 0. The maximum Gasteiger partial charge on any atom is 0.164 e. The van der Waals surface area contributed by atoms with Crippen molar-refractivity contribution in [3.8, 4) is 90.8 Å². The smallest absolute Gasteiger partial charge is 0.164 e. The van der Waals surface area contributed by atoms with E-state index in [1.807, 2.05) is 123 Å². The largest absolute Gasteiger partial charge is 0.265 e. The highest BCUT2D eigenvalue weighted by atomic mass is 15.0. The second-order valence-corrected chi connectivity index (χ2v) is 12.9. The molecule has 5 heterocycles. The topological polar surface area (TPSA) is 142 Å². The lowest BCUT2D eigenvalue weighted by atomic mass is 9.96. The summed E-state index contributed by atoms with van der Waals surface area (Å²) in [6, 6.07) is 41.7. The van der Waals surface area contributed by atoms with E-state index in [1.54, 1.807) is 24.8 Å². The molecule has 0 fully saturated rings. The van der Waals surface area contributed by atoms with Gasteiger partial charge in [-0.05, 0) is 67.4 Å². The fourth-order valence-electron chi connectivity index (χ4n) is 6.36. The first-order valence-corrected chi connectivity index (χ1v) is 17.9. The van der Waals surface area contributed by atoms with Crippen LogP contribution in [0.4, 0.5) is 0 Å². The first kappa shape index (κ1) is 34.0. The molecule has 5 aromatic heterocycles. The average Bonchev–Trinajstić information content (AvgIpc) is 3.27. The number of aromatic nitrogens is 11. The summed E-state index contributed by atoms with van der Waals surface area (Å²) >= 11 is 0. The number of aryl methyl sites for hydroxylation is 2. The molecule has 0 bridgehead atoms. The average molecular weight is 726 g/mol. The number of pyridine rings is 2. The van der Waals surface area contributed by atoms with Crippen LogP contribution in [0.25, 0.3) is 90.8 Å². The van der Waals surface area contributed by atoms with E-state index in [4.69, 9.17) is 39.9 Å². The van der Waals surface area contributed by atoms with Gasteiger partial charge in [0.05, 0.1) is 0 Å². The molecule has 0 aliphatic heterocycles. The highest BCUT2D eigenvalue weighted by Crippen LogP contribution is 2.35. The zero-order valence-electron chi connectivity index (χ0n) is 30.4. The van der Waals surface area contributed by atoms with Gasteiger partial charge < -0.3 is 0 Å². The van der Waals surface area contributed by atoms with Crippen LogP contribution in [-0.2, 0) is 0 Å². The van der Waals surface area contributed by atoms with Crippen LogP contribution in [0.3, 0.4) is 0 Å². The quantitative estimate of drug-likeness (QED) is 0.148. The second kappa shape index (κ2) is 14.9. The molecule has 0 saturated carbocycles. The van der Waals surface area contributed by atoms with Gasteiger partial charge in [-0.15, -0.1) is 0 Å². The van der Waals surface area contributed by atoms with Gasteiger partial charge >= 0.3 is 0 Å². The number of hydrogen-bond acceptors (Lipinski definition) is 11. The molecule has 4 aromatic carbocycles. The van der Waals surface area contributed by atoms with Crippen LogP contribution < -0.4 is 0 Å². The van der Waals surface area contributed by atoms with Crippen LogP contribution in [0, 0.1) is 13.8 Å². The lowest BCUT2D eigenvalue weighted by molar-refractivity contribution is 0.988. The van der Waals surface area contributed by atoms with Crippen LogP contribution >= 0.6 is 0 Å². The maximum atomic E-state index is 5.01. The van der Waals surface area contributed by atoms with Gasteiger partial charge in [0.2, 0.25) is 0 Å². The summed E-state index contributed by atoms with van der Waals surface area (Å²) in [4.78, 5) is 51.8. The van der Waals surface area contributed by atoms with E-state index in [0.717, 1.165) is 50.1 Å². The van der Waals surface area contributed by atoms with Gasteiger partial charge in [0.1, 0.15) is 11.6 Å². The van der Waals surface area contributed by atoms with Crippen LogP contribution in [-0.4, -0.2) is 54.8 Å². The van der Waals surface area contributed by atoms with Gasteiger partial charge in [0.15, 0.2) is 40.8 Å². The zero-order chi connectivity index (χ0) is 37.8. The number of rotatable bonds is 8. The van der Waals surface area contributed by atoms with Crippen molar-refractivity contribution in [3.63, 3.8) is 0 Å². The Morgan fingerprint density at radius 3 is 1.18 bits per heavy atom. The van der Waals surface area contributed by atoms with E-state index in [0.29, 0.717) is 52.4 Å². The van der Waals surface area contributed by atoms with E-state index in [2.05, 4.69) is 33.2 Å². The highest BCUT2D eigenvalue weighted by Gasteiger charge is 2.18. The summed E-state index contributed by atoms with van der Waals surface area (Å²) in [5.74, 6) is 5.08. The molecule has 9 rings (SSSR count). The lowest BCUT2D eigenvalue weighted by Crippen LogP contribution is -2.02. The Morgan fingerprint density at radius 1 is 0.268 bits per heavy atom. The summed E-state index contributed by atoms with van der Waals surface area (Å²) in [5, 5.41) is 0. The Balaban J connectivity index is 1.12. The van der Waals surface area contributed by atoms with Crippen LogP contribution in [0.5, 0.6) is 0 Å². The molecule has 0 radical (unpaired) electrons. The molecular weight excluding hydrogens is 695 g/mol. The molecule has 0 aliphatic rings. The third kappa shape index (κ3) is 7.12. The molecule has 0 spiro atoms. The minimum absolute atomic E-state index is 0.513. The second-order valence-electron chi connectivity index (χ2n) is 12.9. The van der Waals surface area contributed by atoms with Crippen LogP contribution in [0.2, 0.25) is 0 Å². The van der Waals surface area contributed by atoms with E-state index >= 15 is 0 Å². The molecule has 0 saturated heterocycles. The summed E-state index contributed by atoms with van der Waals surface area (Å²) in [7, 11) is 0. The van der Waals surface area contributed by atoms with Crippen molar-refractivity contribution in [3.05, 3.63) is 164 Å². The van der Waals surface area contributed by atoms with E-state index in [1.165, 1.54) is 0 Å². The molecule has 9 aromatic rings. The summed E-state index contributed by atoms with van der Waals surface area (Å²) in [5.41, 5.74) is 7.81. The van der Waals surface area contributed by atoms with Crippen LogP contribution in [0.1, 0.15) is 11.6 Å². The van der Waals surface area contributed by atoms with Gasteiger partial charge in [-0.1, -0.05) is 84.9 Å². The Kier molecular flexibility index (Phi) is 9.06. The van der Waals surface area contributed by atoms with Gasteiger partial charge in [0.25, 0.3) is 0 Å². The highest BCUT2D eigenvalue weighted by molar-refractivity contribution is 5.84. The molecule has 0 unspecified atom stereocenters. The lowest BCUT2D eigenvalue weighted by Gasteiger charge is -2.13. The van der Waals surface area contributed by atoms with E-state index < -0.39 is 0 Å². The van der Waals surface area contributed by atoms with Crippen molar-refractivity contribution in [2.75, 3.05) is 0 Å². The van der Waals surface area contributed by atoms with Crippen molar-refractivity contribution >= 4 is 0 Å². The molecule has 56 heavy (non-hydrogen) atoms. The van der Waals surface area contributed by atoms with Crippen molar-refractivity contribution in [1.29, 1.82) is 0 Å². The molecule has 11 heteroatoms. The summed E-state index contributed by atoms with van der Waals surface area (Å²) in [6.45, 7) is 3.76. The summed E-state index contributed by atoms with van der Waals surface area (Å²) in [6.07, 6.45) is 6.88. The minimum atomic E-state index is 0.513. The summed E-state index contributed by atoms with van der Waals surface area (Å²) < 4.78 is 0. The zero-order valence-corrected chi connectivity index (χ0v) is 30.4. The third-order valence-electron chi connectivity index (χ3n) is 9.02. The fourth-order valence-corrected chi connectivity index (χ4v) is 6.36. The van der Waals surface area contributed by atoms with Crippen molar-refractivity contribution in [1.82, 2.24) is 54.8 Å². The first-order valence-electron chi connectivity index (χ1n) is 17.9. The predicted octanol–water partition coefficient (Wildman–Crippen LogP) is 8.98. The number of nitrogens with zero attached hydrogens (tertiary/aromatic N) is 11. The van der Waals surface area contributed by atoms with Crippen molar-refractivity contribution in [2.45, 2.75) is 13.8 Å². The normalized spacial score (nSPS) is 11.0. The Bertz CT molecular complexity index is 2760. The Morgan fingerprint density at radius 2 is 0.643 bits per heavy atom. The van der Waals surface area contributed by atoms with Crippen LogP contribution in [0.15, 0.2) is 152 Å². The van der Waals surface area contributed by atoms with E-state index in [-0.39, 0.29) is 0 Å². The maximum absolute atomic E-state index is 5.01. The number of benzene rings is 4. The molecular formula is C45H31N11. The SMILES string of the molecule is Cc1nc(-c2cccc(-c3nc(-c4ccncc4)nc(-c4ccncc4)n3)c2)nc(-c2ccc(-c3nc(C)nc(-c4ccccc4)n3)c(-c3ccccc3)c2)n1. The van der Waals surface area contributed by atoms with Gasteiger partial charge in [-0.3, -0.25) is 9.97 Å². The van der Waals surface area contributed by atoms with Gasteiger partial charge in [0, 0.05) is 63.7 Å². The van der Waals surface area contributed by atoms with Crippen molar-refractivity contribution in [2.24, 2.45) is 0 Å². The molecule has 266 valence electrons. The molecule has 11 nitrogen and oxygen atoms in total. The van der Waals surface area contributed by atoms with Crippen molar-refractivity contribution < 1.29 is 0 Å². The first-order chi connectivity index (χ1) is 27.5. The van der Waals surface area contributed by atoms with Gasteiger partial charge in [-0.2, -0.15) is 0 Å². The Hall–Kier alpha value is -7.79. The minimum Gasteiger partial charge on any atom is -0.265 e. The monoisotopic (exact) mass is 725 g/mol.